The second kappa shape index (κ2) is 4.99. The summed E-state index contributed by atoms with van der Waals surface area (Å²) < 4.78 is 10.7. The van der Waals surface area contributed by atoms with E-state index in [9.17, 15) is 0 Å². The lowest BCUT2D eigenvalue weighted by Crippen LogP contribution is -2.12. The van der Waals surface area contributed by atoms with Crippen LogP contribution in [0.3, 0.4) is 0 Å². The van der Waals surface area contributed by atoms with Gasteiger partial charge in [-0.25, -0.2) is 4.99 Å². The fraction of sp³-hybridized carbons (Fsp3) is 0.417. The average molecular weight is 220 g/mol. The minimum Gasteiger partial charge on any atom is -0.497 e. The van der Waals surface area contributed by atoms with E-state index in [-0.39, 0.29) is 6.04 Å². The first-order chi connectivity index (χ1) is 7.83. The van der Waals surface area contributed by atoms with Gasteiger partial charge in [0.05, 0.1) is 13.2 Å². The number of rotatable bonds is 4. The molecule has 0 saturated carbocycles. The van der Waals surface area contributed by atoms with Crippen LogP contribution in [-0.2, 0) is 4.74 Å². The number of methoxy groups -OCH3 is 1. The van der Waals surface area contributed by atoms with Crippen LogP contribution in [0.1, 0.15) is 12.0 Å². The summed E-state index contributed by atoms with van der Waals surface area (Å²) in [5.41, 5.74) is 6.45. The zero-order valence-electron chi connectivity index (χ0n) is 9.35. The number of nitrogens with two attached hydrogens (primary N) is 1. The van der Waals surface area contributed by atoms with Crippen molar-refractivity contribution >= 4 is 5.90 Å². The lowest BCUT2D eigenvalue weighted by atomic mass is 10.2. The van der Waals surface area contributed by atoms with Gasteiger partial charge < -0.3 is 15.2 Å². The third-order valence-electron chi connectivity index (χ3n) is 2.53. The van der Waals surface area contributed by atoms with Gasteiger partial charge in [0, 0.05) is 5.56 Å². The first-order valence-electron chi connectivity index (χ1n) is 5.38. The number of nitrogens with zero attached hydrogens (tertiary/aromatic N) is 1. The first kappa shape index (κ1) is 11.0. The minimum atomic E-state index is 0.200. The summed E-state index contributed by atoms with van der Waals surface area (Å²) >= 11 is 0. The van der Waals surface area contributed by atoms with Gasteiger partial charge in [-0.15, -0.1) is 0 Å². The molecule has 0 aromatic heterocycles. The molecule has 1 atom stereocenters. The number of hydrogen-bond donors (Lipinski definition) is 1. The van der Waals surface area contributed by atoms with Crippen LogP contribution >= 0.6 is 0 Å². The molecule has 86 valence electrons. The Bertz CT molecular complexity index is 390. The van der Waals surface area contributed by atoms with Crippen molar-refractivity contribution in [1.29, 1.82) is 0 Å². The quantitative estimate of drug-likeness (QED) is 0.829. The van der Waals surface area contributed by atoms with E-state index in [1.54, 1.807) is 7.11 Å². The van der Waals surface area contributed by atoms with Crippen LogP contribution in [0.5, 0.6) is 5.75 Å². The molecule has 1 heterocycles. The maximum Gasteiger partial charge on any atom is 0.216 e. The predicted molar refractivity (Wildman–Crippen MR) is 62.9 cm³/mol. The van der Waals surface area contributed by atoms with E-state index in [0.29, 0.717) is 19.0 Å². The topological polar surface area (TPSA) is 56.8 Å². The SMILES string of the molecule is COc1cccc(C2=NC(CCN)CO2)c1. The van der Waals surface area contributed by atoms with Crippen LogP contribution in [0.2, 0.25) is 0 Å². The van der Waals surface area contributed by atoms with E-state index in [0.717, 1.165) is 17.7 Å². The molecule has 0 saturated heterocycles. The Morgan fingerprint density at radius 3 is 3.19 bits per heavy atom. The van der Waals surface area contributed by atoms with Crippen LogP contribution in [0.25, 0.3) is 0 Å². The van der Waals surface area contributed by atoms with Crippen molar-refractivity contribution in [2.24, 2.45) is 10.7 Å². The Morgan fingerprint density at radius 2 is 2.44 bits per heavy atom. The highest BCUT2D eigenvalue weighted by Crippen LogP contribution is 2.18. The highest BCUT2D eigenvalue weighted by Gasteiger charge is 2.19. The Kier molecular flexibility index (Phi) is 3.41. The van der Waals surface area contributed by atoms with Crippen LogP contribution < -0.4 is 10.5 Å². The van der Waals surface area contributed by atoms with Crippen LogP contribution in [0.15, 0.2) is 29.3 Å². The Morgan fingerprint density at radius 1 is 1.56 bits per heavy atom. The molecule has 1 aromatic rings. The summed E-state index contributed by atoms with van der Waals surface area (Å²) in [5.74, 6) is 1.50. The summed E-state index contributed by atoms with van der Waals surface area (Å²) in [5, 5.41) is 0. The van der Waals surface area contributed by atoms with Gasteiger partial charge in [-0.2, -0.15) is 0 Å². The molecule has 2 rings (SSSR count). The van der Waals surface area contributed by atoms with Crippen molar-refractivity contribution in [2.45, 2.75) is 12.5 Å². The zero-order chi connectivity index (χ0) is 11.4. The third kappa shape index (κ3) is 2.33. The fourth-order valence-corrected chi connectivity index (χ4v) is 1.67. The lowest BCUT2D eigenvalue weighted by molar-refractivity contribution is 0.313. The standard InChI is InChI=1S/C12H16N2O2/c1-15-11-4-2-3-9(7-11)12-14-10(5-6-13)8-16-12/h2-4,7,10H,5-6,8,13H2,1H3. The molecule has 1 aliphatic heterocycles. The van der Waals surface area contributed by atoms with Crippen molar-refractivity contribution in [3.63, 3.8) is 0 Å². The third-order valence-corrected chi connectivity index (χ3v) is 2.53. The van der Waals surface area contributed by atoms with Gasteiger partial charge in [-0.1, -0.05) is 6.07 Å². The molecule has 1 aromatic carbocycles. The number of aliphatic imine (C=N–C) groups is 1. The normalized spacial score (nSPS) is 19.1. The molecular formula is C12H16N2O2. The summed E-state index contributed by atoms with van der Waals surface area (Å²) in [6.45, 7) is 1.27. The van der Waals surface area contributed by atoms with Crippen molar-refractivity contribution in [2.75, 3.05) is 20.3 Å². The highest BCUT2D eigenvalue weighted by molar-refractivity contribution is 5.95. The summed E-state index contributed by atoms with van der Waals surface area (Å²) in [6.07, 6.45) is 0.869. The van der Waals surface area contributed by atoms with Gasteiger partial charge in [0.25, 0.3) is 0 Å². The van der Waals surface area contributed by atoms with E-state index in [1.807, 2.05) is 24.3 Å². The van der Waals surface area contributed by atoms with Gasteiger partial charge in [0.15, 0.2) is 0 Å². The largest absolute Gasteiger partial charge is 0.497 e. The fourth-order valence-electron chi connectivity index (χ4n) is 1.67. The molecule has 4 heteroatoms. The van der Waals surface area contributed by atoms with E-state index in [1.165, 1.54) is 0 Å². The van der Waals surface area contributed by atoms with Crippen LogP contribution in [0, 0.1) is 0 Å². The second-order valence-electron chi connectivity index (χ2n) is 3.71. The average Bonchev–Trinajstić information content (AvgIpc) is 2.78. The lowest BCUT2D eigenvalue weighted by Gasteiger charge is -2.03. The molecule has 0 radical (unpaired) electrons. The van der Waals surface area contributed by atoms with Gasteiger partial charge in [-0.05, 0) is 31.2 Å². The number of benzene rings is 1. The van der Waals surface area contributed by atoms with Gasteiger partial charge in [0.2, 0.25) is 5.90 Å². The molecule has 0 fully saturated rings. The molecule has 16 heavy (non-hydrogen) atoms. The number of ether oxygens (including phenoxy) is 2. The van der Waals surface area contributed by atoms with Crippen molar-refractivity contribution in [3.05, 3.63) is 29.8 Å². The molecule has 0 bridgehead atoms. The van der Waals surface area contributed by atoms with Gasteiger partial charge in [-0.3, -0.25) is 0 Å². The summed E-state index contributed by atoms with van der Waals surface area (Å²) in [7, 11) is 1.65. The van der Waals surface area contributed by atoms with E-state index < -0.39 is 0 Å². The van der Waals surface area contributed by atoms with E-state index in [4.69, 9.17) is 15.2 Å². The Balaban J connectivity index is 2.15. The predicted octanol–water partition coefficient (Wildman–Crippen LogP) is 1.19. The molecule has 0 spiro atoms. The van der Waals surface area contributed by atoms with Crippen LogP contribution in [-0.4, -0.2) is 32.2 Å². The molecule has 0 amide bonds. The van der Waals surface area contributed by atoms with Crippen LogP contribution in [0.4, 0.5) is 0 Å². The Labute approximate surface area is 95.1 Å². The van der Waals surface area contributed by atoms with E-state index >= 15 is 0 Å². The van der Waals surface area contributed by atoms with Crippen molar-refractivity contribution < 1.29 is 9.47 Å². The zero-order valence-corrected chi connectivity index (χ0v) is 9.35. The maximum absolute atomic E-state index is 5.54. The van der Waals surface area contributed by atoms with Gasteiger partial charge in [0.1, 0.15) is 12.4 Å². The summed E-state index contributed by atoms with van der Waals surface area (Å²) in [4.78, 5) is 4.48. The molecule has 1 unspecified atom stereocenters. The molecule has 0 aliphatic carbocycles. The van der Waals surface area contributed by atoms with Crippen molar-refractivity contribution in [1.82, 2.24) is 0 Å². The summed E-state index contributed by atoms with van der Waals surface area (Å²) in [6, 6.07) is 7.91. The molecule has 4 nitrogen and oxygen atoms in total. The molecular weight excluding hydrogens is 204 g/mol. The van der Waals surface area contributed by atoms with Gasteiger partial charge >= 0.3 is 0 Å². The Hall–Kier alpha value is -1.55. The second-order valence-corrected chi connectivity index (χ2v) is 3.71. The molecule has 2 N–H and O–H groups in total. The molecule has 1 aliphatic rings. The first-order valence-corrected chi connectivity index (χ1v) is 5.38. The van der Waals surface area contributed by atoms with E-state index in [2.05, 4.69) is 4.99 Å². The van der Waals surface area contributed by atoms with Crippen molar-refractivity contribution in [3.8, 4) is 5.75 Å². The number of hydrogen-bond acceptors (Lipinski definition) is 4. The maximum atomic E-state index is 5.54. The minimum absolute atomic E-state index is 0.200. The monoisotopic (exact) mass is 220 g/mol. The highest BCUT2D eigenvalue weighted by atomic mass is 16.5. The smallest absolute Gasteiger partial charge is 0.216 e.